The number of rotatable bonds is 3. The average Bonchev–Trinajstić information content (AvgIpc) is 3.07. The maximum atomic E-state index is 12.7. The van der Waals surface area contributed by atoms with E-state index >= 15 is 0 Å². The molecule has 2 amide bonds. The summed E-state index contributed by atoms with van der Waals surface area (Å²) in [7, 11) is 0. The van der Waals surface area contributed by atoms with Gasteiger partial charge in [-0.25, -0.2) is 0 Å². The van der Waals surface area contributed by atoms with E-state index in [9.17, 15) is 9.59 Å². The van der Waals surface area contributed by atoms with Crippen molar-refractivity contribution in [3.05, 3.63) is 47.5 Å². The monoisotopic (exact) mass is 372 g/mol. The van der Waals surface area contributed by atoms with Gasteiger partial charge in [0.25, 0.3) is 5.91 Å². The van der Waals surface area contributed by atoms with Crippen molar-refractivity contribution in [3.8, 4) is 11.5 Å². The van der Waals surface area contributed by atoms with E-state index in [0.717, 1.165) is 6.42 Å². The molecule has 1 N–H and O–H groups in total. The molecule has 2 aliphatic heterocycles. The summed E-state index contributed by atoms with van der Waals surface area (Å²) in [6, 6.07) is 12.3. The van der Waals surface area contributed by atoms with Crippen molar-refractivity contribution in [1.82, 2.24) is 0 Å². The lowest BCUT2D eigenvalue weighted by Gasteiger charge is -2.26. The number of fused-ring (bicyclic) bond motifs is 1. The molecule has 2 aromatic carbocycles. The Morgan fingerprint density at radius 1 is 1.19 bits per heavy atom. The van der Waals surface area contributed by atoms with Crippen LogP contribution in [-0.2, 0) is 9.59 Å². The van der Waals surface area contributed by atoms with Gasteiger partial charge in [-0.2, -0.15) is 0 Å². The summed E-state index contributed by atoms with van der Waals surface area (Å²) in [5.41, 5.74) is 1.13. The molecule has 0 aliphatic carbocycles. The third kappa shape index (κ3) is 3.20. The number of amides is 2. The van der Waals surface area contributed by atoms with Gasteiger partial charge in [0.15, 0.2) is 11.5 Å². The van der Waals surface area contributed by atoms with Gasteiger partial charge in [0.05, 0.1) is 11.4 Å². The molecule has 0 aromatic heterocycles. The Bertz CT molecular complexity index is 870. The Labute approximate surface area is 155 Å². The number of nitrogens with one attached hydrogen (secondary N) is 1. The highest BCUT2D eigenvalue weighted by atomic mass is 35.5. The molecule has 0 saturated carbocycles. The Balaban J connectivity index is 1.55. The van der Waals surface area contributed by atoms with Gasteiger partial charge < -0.3 is 19.7 Å². The third-order valence-corrected chi connectivity index (χ3v) is 4.62. The third-order valence-electron chi connectivity index (χ3n) is 4.38. The zero-order valence-electron chi connectivity index (χ0n) is 13.9. The van der Waals surface area contributed by atoms with E-state index in [0.29, 0.717) is 40.9 Å². The van der Waals surface area contributed by atoms with Crippen molar-refractivity contribution in [3.63, 3.8) is 0 Å². The van der Waals surface area contributed by atoms with Gasteiger partial charge in [0.2, 0.25) is 12.0 Å². The molecular weight excluding hydrogens is 356 g/mol. The Hall–Kier alpha value is -2.73. The maximum absolute atomic E-state index is 12.7. The zero-order valence-corrected chi connectivity index (χ0v) is 14.7. The number of hydrogen-bond acceptors (Lipinski definition) is 4. The first-order valence-electron chi connectivity index (χ1n) is 8.41. The Morgan fingerprint density at radius 2 is 2.00 bits per heavy atom. The summed E-state index contributed by atoms with van der Waals surface area (Å²) in [5, 5.41) is 3.30. The van der Waals surface area contributed by atoms with Crippen molar-refractivity contribution < 1.29 is 19.1 Å². The van der Waals surface area contributed by atoms with Crippen molar-refractivity contribution in [2.75, 3.05) is 23.4 Å². The van der Waals surface area contributed by atoms with Crippen LogP contribution in [0.4, 0.5) is 11.4 Å². The first-order valence-corrected chi connectivity index (χ1v) is 8.79. The molecule has 2 aromatic rings. The van der Waals surface area contributed by atoms with Gasteiger partial charge in [-0.1, -0.05) is 23.7 Å². The first-order chi connectivity index (χ1) is 12.6. The van der Waals surface area contributed by atoms with Crippen LogP contribution in [0.1, 0.15) is 12.8 Å². The summed E-state index contributed by atoms with van der Waals surface area (Å²) in [5.74, 6) is 0.825. The smallest absolute Gasteiger partial charge is 0.269 e. The van der Waals surface area contributed by atoms with Crippen LogP contribution in [0.25, 0.3) is 0 Å². The Morgan fingerprint density at radius 3 is 2.77 bits per heavy atom. The number of ether oxygens (including phenoxy) is 2. The van der Waals surface area contributed by atoms with Gasteiger partial charge in [-0.15, -0.1) is 0 Å². The molecule has 1 fully saturated rings. The zero-order chi connectivity index (χ0) is 18.1. The van der Waals surface area contributed by atoms with Gasteiger partial charge in [0, 0.05) is 18.0 Å². The van der Waals surface area contributed by atoms with Crippen molar-refractivity contribution >= 4 is 34.8 Å². The predicted molar refractivity (Wildman–Crippen MR) is 98.0 cm³/mol. The van der Waals surface area contributed by atoms with E-state index in [1.807, 2.05) is 12.1 Å². The predicted octanol–water partition coefficient (Wildman–Crippen LogP) is 3.25. The molecule has 0 bridgehead atoms. The molecule has 0 unspecified atom stereocenters. The van der Waals surface area contributed by atoms with Gasteiger partial charge in [-0.05, 0) is 36.8 Å². The number of nitrogens with zero attached hydrogens (tertiary/aromatic N) is 1. The van der Waals surface area contributed by atoms with Crippen LogP contribution >= 0.6 is 11.6 Å². The van der Waals surface area contributed by atoms with Crippen LogP contribution in [0.2, 0.25) is 5.02 Å². The number of benzene rings is 2. The van der Waals surface area contributed by atoms with E-state index in [-0.39, 0.29) is 18.4 Å². The molecule has 0 radical (unpaired) electrons. The average molecular weight is 373 g/mol. The fraction of sp³-hybridized carbons (Fsp3) is 0.263. The Kier molecular flexibility index (Phi) is 4.42. The molecule has 1 saturated heterocycles. The summed E-state index contributed by atoms with van der Waals surface area (Å²) in [4.78, 5) is 26.4. The SMILES string of the molecule is O=C(Nc1cc(Cl)ccc1N1CCCC1=O)[C@@H]1COc2ccccc2O1. The second kappa shape index (κ2) is 6.88. The molecule has 4 rings (SSSR count). The summed E-state index contributed by atoms with van der Waals surface area (Å²) >= 11 is 6.09. The molecule has 26 heavy (non-hydrogen) atoms. The minimum atomic E-state index is -0.786. The highest BCUT2D eigenvalue weighted by molar-refractivity contribution is 6.31. The van der Waals surface area contributed by atoms with Crippen molar-refractivity contribution in [2.45, 2.75) is 18.9 Å². The van der Waals surface area contributed by atoms with Crippen LogP contribution in [0, 0.1) is 0 Å². The molecule has 2 heterocycles. The van der Waals surface area contributed by atoms with Gasteiger partial charge in [-0.3, -0.25) is 9.59 Å². The molecule has 2 aliphatic rings. The number of para-hydroxylation sites is 2. The topological polar surface area (TPSA) is 67.9 Å². The highest BCUT2D eigenvalue weighted by Crippen LogP contribution is 2.34. The lowest BCUT2D eigenvalue weighted by molar-refractivity contribution is -0.125. The molecule has 0 spiro atoms. The molecule has 1 atom stereocenters. The minimum absolute atomic E-state index is 0.0361. The number of hydrogen-bond donors (Lipinski definition) is 1. The van der Waals surface area contributed by atoms with E-state index in [2.05, 4.69) is 5.32 Å². The van der Waals surface area contributed by atoms with E-state index in [4.69, 9.17) is 21.1 Å². The lowest BCUT2D eigenvalue weighted by Crippen LogP contribution is -2.40. The first kappa shape index (κ1) is 16.7. The summed E-state index contributed by atoms with van der Waals surface area (Å²) < 4.78 is 11.3. The molecular formula is C19H17ClN2O4. The second-order valence-corrected chi connectivity index (χ2v) is 6.60. The maximum Gasteiger partial charge on any atom is 0.269 e. The van der Waals surface area contributed by atoms with E-state index in [1.54, 1.807) is 35.2 Å². The fourth-order valence-corrected chi connectivity index (χ4v) is 3.28. The number of carbonyl (C=O) groups is 2. The standard InChI is InChI=1S/C19H17ClN2O4/c20-12-7-8-14(22-9-3-6-18(22)23)13(10-12)21-19(24)17-11-25-15-4-1-2-5-16(15)26-17/h1-2,4-5,7-8,10,17H,3,6,9,11H2,(H,21,24)/t17-/m0/s1. The van der Waals surface area contributed by atoms with Crippen LogP contribution in [-0.4, -0.2) is 31.1 Å². The van der Waals surface area contributed by atoms with Crippen LogP contribution in [0.5, 0.6) is 11.5 Å². The molecule has 6 nitrogen and oxygen atoms in total. The number of halogens is 1. The van der Waals surface area contributed by atoms with Crippen LogP contribution in [0.15, 0.2) is 42.5 Å². The van der Waals surface area contributed by atoms with Crippen LogP contribution in [0.3, 0.4) is 0 Å². The molecule has 7 heteroatoms. The highest BCUT2D eigenvalue weighted by Gasteiger charge is 2.29. The largest absolute Gasteiger partial charge is 0.485 e. The lowest BCUT2D eigenvalue weighted by atomic mass is 10.2. The van der Waals surface area contributed by atoms with Crippen LogP contribution < -0.4 is 19.7 Å². The number of carbonyl (C=O) groups excluding carboxylic acids is 2. The minimum Gasteiger partial charge on any atom is -0.485 e. The van der Waals surface area contributed by atoms with Gasteiger partial charge >= 0.3 is 0 Å². The quantitative estimate of drug-likeness (QED) is 0.898. The van der Waals surface area contributed by atoms with Crippen molar-refractivity contribution in [2.24, 2.45) is 0 Å². The normalized spacial score (nSPS) is 18.7. The number of anilines is 2. The summed E-state index contributed by atoms with van der Waals surface area (Å²) in [6.07, 6.45) is 0.517. The summed E-state index contributed by atoms with van der Waals surface area (Å²) in [6.45, 7) is 0.737. The van der Waals surface area contributed by atoms with E-state index in [1.165, 1.54) is 0 Å². The van der Waals surface area contributed by atoms with Crippen molar-refractivity contribution in [1.29, 1.82) is 0 Å². The second-order valence-electron chi connectivity index (χ2n) is 6.16. The fourth-order valence-electron chi connectivity index (χ4n) is 3.11. The van der Waals surface area contributed by atoms with E-state index < -0.39 is 6.10 Å². The van der Waals surface area contributed by atoms with Gasteiger partial charge in [0.1, 0.15) is 6.61 Å². The molecule has 134 valence electrons.